The van der Waals surface area contributed by atoms with E-state index in [-0.39, 0.29) is 36.2 Å². The monoisotopic (exact) mass is 488 g/mol. The summed E-state index contributed by atoms with van der Waals surface area (Å²) in [7, 11) is 0. The summed E-state index contributed by atoms with van der Waals surface area (Å²) in [4.78, 5) is 47.9. The molecule has 1 aliphatic heterocycles. The SMILES string of the molecule is O=C(O)CCCN1C(=O)C(=O)/C(=C(\O)c2ccc([N+](=O)[O-])cc2)[C@H]1c1ccc(Br)cc1. The number of benzene rings is 2. The van der Waals surface area contributed by atoms with Crippen LogP contribution < -0.4 is 0 Å². The number of nitro groups is 1. The number of rotatable bonds is 7. The Morgan fingerprint density at radius 2 is 1.68 bits per heavy atom. The number of non-ortho nitro benzene ring substituents is 1. The summed E-state index contributed by atoms with van der Waals surface area (Å²) >= 11 is 3.32. The minimum Gasteiger partial charge on any atom is -0.507 e. The molecule has 0 bridgehead atoms. The van der Waals surface area contributed by atoms with E-state index in [9.17, 15) is 29.6 Å². The standard InChI is InChI=1S/C21H17BrN2O7/c22-14-7-3-12(4-8-14)18-17(19(27)13-5-9-15(10-6-13)24(30)31)20(28)21(29)23(18)11-1-2-16(25)26/h3-10,18,27H,1-2,11H2,(H,25,26)/b19-17-/t18-/m1/s1. The number of ketones is 1. The van der Waals surface area contributed by atoms with E-state index < -0.39 is 34.4 Å². The van der Waals surface area contributed by atoms with Crippen LogP contribution in [0.1, 0.15) is 30.0 Å². The molecule has 2 N–H and O–H groups in total. The van der Waals surface area contributed by atoms with E-state index in [1.165, 1.54) is 29.2 Å². The summed E-state index contributed by atoms with van der Waals surface area (Å²) in [6, 6.07) is 10.9. The topological polar surface area (TPSA) is 138 Å². The van der Waals surface area contributed by atoms with Crippen molar-refractivity contribution in [2.45, 2.75) is 18.9 Å². The molecule has 0 spiro atoms. The zero-order valence-electron chi connectivity index (χ0n) is 16.0. The van der Waals surface area contributed by atoms with Crippen LogP contribution >= 0.6 is 15.9 Å². The first kappa shape index (κ1) is 22.2. The predicted octanol–water partition coefficient (Wildman–Crippen LogP) is 3.64. The Labute approximate surface area is 184 Å². The summed E-state index contributed by atoms with van der Waals surface area (Å²) in [6.07, 6.45) is -0.0502. The number of carboxylic acids is 1. The lowest BCUT2D eigenvalue weighted by Gasteiger charge is -2.25. The van der Waals surface area contributed by atoms with Gasteiger partial charge in [-0.2, -0.15) is 0 Å². The van der Waals surface area contributed by atoms with Crippen molar-refractivity contribution < 1.29 is 29.5 Å². The van der Waals surface area contributed by atoms with Crippen molar-refractivity contribution in [1.82, 2.24) is 4.90 Å². The first-order valence-electron chi connectivity index (χ1n) is 9.21. The van der Waals surface area contributed by atoms with Gasteiger partial charge in [0.1, 0.15) is 5.76 Å². The molecule has 9 nitrogen and oxygen atoms in total. The average Bonchev–Trinajstić information content (AvgIpc) is 2.98. The molecule has 0 radical (unpaired) electrons. The maximum Gasteiger partial charge on any atom is 0.303 e. The van der Waals surface area contributed by atoms with E-state index >= 15 is 0 Å². The Bertz CT molecular complexity index is 1080. The predicted molar refractivity (Wildman–Crippen MR) is 113 cm³/mol. The molecule has 10 heteroatoms. The van der Waals surface area contributed by atoms with Crippen LogP contribution in [0.4, 0.5) is 5.69 Å². The third-order valence-electron chi connectivity index (χ3n) is 4.87. The van der Waals surface area contributed by atoms with Crippen molar-refractivity contribution in [2.75, 3.05) is 6.54 Å². The third-order valence-corrected chi connectivity index (χ3v) is 5.40. The lowest BCUT2D eigenvalue weighted by molar-refractivity contribution is -0.384. The van der Waals surface area contributed by atoms with Gasteiger partial charge in [0.2, 0.25) is 0 Å². The second-order valence-electron chi connectivity index (χ2n) is 6.85. The fourth-order valence-electron chi connectivity index (χ4n) is 3.40. The number of hydrogen-bond donors (Lipinski definition) is 2. The number of likely N-dealkylation sites (tertiary alicyclic amines) is 1. The van der Waals surface area contributed by atoms with Crippen LogP contribution in [0.5, 0.6) is 0 Å². The number of Topliss-reactive ketones (excluding diaryl/α,β-unsaturated/α-hetero) is 1. The van der Waals surface area contributed by atoms with Gasteiger partial charge in [-0.05, 0) is 36.2 Å². The fraction of sp³-hybridized carbons (Fsp3) is 0.190. The number of amides is 1. The van der Waals surface area contributed by atoms with E-state index in [0.717, 1.165) is 4.47 Å². The molecular formula is C21H17BrN2O7. The molecule has 31 heavy (non-hydrogen) atoms. The Hall–Kier alpha value is -3.53. The minimum atomic E-state index is -1.03. The molecule has 1 heterocycles. The van der Waals surface area contributed by atoms with Crippen molar-refractivity contribution >= 4 is 45.0 Å². The van der Waals surface area contributed by atoms with Gasteiger partial charge in [0, 0.05) is 35.1 Å². The first-order valence-corrected chi connectivity index (χ1v) is 10.0. The van der Waals surface area contributed by atoms with Gasteiger partial charge in [-0.25, -0.2) is 0 Å². The molecule has 2 aromatic carbocycles. The fourth-order valence-corrected chi connectivity index (χ4v) is 3.66. The van der Waals surface area contributed by atoms with Crippen molar-refractivity contribution in [1.29, 1.82) is 0 Å². The lowest BCUT2D eigenvalue weighted by Crippen LogP contribution is -2.31. The zero-order chi connectivity index (χ0) is 22.7. The maximum absolute atomic E-state index is 12.8. The van der Waals surface area contributed by atoms with Crippen LogP contribution in [0.25, 0.3) is 5.76 Å². The van der Waals surface area contributed by atoms with Crippen LogP contribution in [-0.4, -0.2) is 44.2 Å². The van der Waals surface area contributed by atoms with Crippen molar-refractivity contribution in [3.8, 4) is 0 Å². The smallest absolute Gasteiger partial charge is 0.303 e. The Morgan fingerprint density at radius 3 is 2.23 bits per heavy atom. The van der Waals surface area contributed by atoms with E-state index in [0.29, 0.717) is 5.56 Å². The van der Waals surface area contributed by atoms with Crippen LogP contribution in [0.2, 0.25) is 0 Å². The van der Waals surface area contributed by atoms with Crippen molar-refractivity contribution in [2.24, 2.45) is 0 Å². The van der Waals surface area contributed by atoms with Crippen LogP contribution in [0.3, 0.4) is 0 Å². The molecule has 0 aliphatic carbocycles. The zero-order valence-corrected chi connectivity index (χ0v) is 17.6. The van der Waals surface area contributed by atoms with Crippen LogP contribution in [0.15, 0.2) is 58.6 Å². The van der Waals surface area contributed by atoms with Crippen LogP contribution in [-0.2, 0) is 14.4 Å². The molecule has 1 atom stereocenters. The summed E-state index contributed by atoms with van der Waals surface area (Å²) in [5.74, 6) is -3.23. The molecular weight excluding hydrogens is 472 g/mol. The van der Waals surface area contributed by atoms with Gasteiger partial charge in [-0.1, -0.05) is 28.1 Å². The van der Waals surface area contributed by atoms with Gasteiger partial charge >= 0.3 is 5.97 Å². The summed E-state index contributed by atoms with van der Waals surface area (Å²) in [5.41, 5.74) is 0.365. The number of aliphatic hydroxyl groups excluding tert-OH is 1. The normalized spacial score (nSPS) is 17.7. The highest BCUT2D eigenvalue weighted by Crippen LogP contribution is 2.40. The molecule has 0 saturated carbocycles. The molecule has 1 saturated heterocycles. The van der Waals surface area contributed by atoms with Gasteiger partial charge < -0.3 is 15.1 Å². The second-order valence-corrected chi connectivity index (χ2v) is 7.76. The van der Waals surface area contributed by atoms with E-state index in [4.69, 9.17) is 5.11 Å². The highest BCUT2D eigenvalue weighted by Gasteiger charge is 2.45. The molecule has 0 aromatic heterocycles. The van der Waals surface area contributed by atoms with Gasteiger partial charge in [0.15, 0.2) is 0 Å². The summed E-state index contributed by atoms with van der Waals surface area (Å²) < 4.78 is 0.773. The number of nitro benzene ring substituents is 1. The number of aliphatic hydroxyl groups is 1. The largest absolute Gasteiger partial charge is 0.507 e. The number of carboxylic acid groups (broad SMARTS) is 1. The third kappa shape index (κ3) is 4.64. The van der Waals surface area contributed by atoms with Gasteiger partial charge in [-0.3, -0.25) is 24.5 Å². The number of carbonyl (C=O) groups is 3. The molecule has 1 fully saturated rings. The second kappa shape index (κ2) is 9.09. The number of carbonyl (C=O) groups excluding carboxylic acids is 2. The van der Waals surface area contributed by atoms with E-state index in [1.807, 2.05) is 0 Å². The molecule has 3 rings (SSSR count). The summed E-state index contributed by atoms with van der Waals surface area (Å²) in [5, 5.41) is 30.6. The number of aliphatic carboxylic acids is 1. The van der Waals surface area contributed by atoms with E-state index in [2.05, 4.69) is 15.9 Å². The molecule has 1 aliphatic rings. The highest BCUT2D eigenvalue weighted by molar-refractivity contribution is 9.10. The van der Waals surface area contributed by atoms with Gasteiger partial charge in [-0.15, -0.1) is 0 Å². The van der Waals surface area contributed by atoms with Crippen LogP contribution in [0, 0.1) is 10.1 Å². The highest BCUT2D eigenvalue weighted by atomic mass is 79.9. The van der Waals surface area contributed by atoms with Gasteiger partial charge in [0.05, 0.1) is 16.5 Å². The molecule has 160 valence electrons. The Balaban J connectivity index is 2.08. The lowest BCUT2D eigenvalue weighted by atomic mass is 9.95. The quantitative estimate of drug-likeness (QED) is 0.199. The van der Waals surface area contributed by atoms with Crippen molar-refractivity contribution in [3.05, 3.63) is 79.8 Å². The first-order chi connectivity index (χ1) is 14.7. The average molecular weight is 489 g/mol. The number of nitrogens with zero attached hydrogens (tertiary/aromatic N) is 2. The van der Waals surface area contributed by atoms with Gasteiger partial charge in [0.25, 0.3) is 17.4 Å². The minimum absolute atomic E-state index is 0.00858. The Morgan fingerprint density at radius 1 is 1.06 bits per heavy atom. The van der Waals surface area contributed by atoms with E-state index in [1.54, 1.807) is 24.3 Å². The summed E-state index contributed by atoms with van der Waals surface area (Å²) in [6.45, 7) is 0.00858. The molecule has 0 unspecified atom stereocenters. The number of hydrogen-bond acceptors (Lipinski definition) is 6. The van der Waals surface area contributed by atoms with Crippen molar-refractivity contribution in [3.63, 3.8) is 0 Å². The molecule has 1 amide bonds. The number of halogens is 1. The Kier molecular flexibility index (Phi) is 6.50. The molecule has 2 aromatic rings. The maximum atomic E-state index is 12.8.